The topological polar surface area (TPSA) is 79.0 Å². The molecule has 0 radical (unpaired) electrons. The smallest absolute Gasteiger partial charge is 0.306 e. The first kappa shape index (κ1) is 20.8. The summed E-state index contributed by atoms with van der Waals surface area (Å²) in [6.45, 7) is 1.85. The fourth-order valence-corrected chi connectivity index (χ4v) is 3.69. The molecule has 0 N–H and O–H groups in total. The van der Waals surface area contributed by atoms with E-state index in [2.05, 4.69) is 10.1 Å². The number of benzene rings is 2. The lowest BCUT2D eigenvalue weighted by molar-refractivity contribution is -0.144. The minimum absolute atomic E-state index is 0.0282. The third-order valence-electron chi connectivity index (χ3n) is 5.13. The molecule has 7 nitrogen and oxygen atoms in total. The number of ether oxygens (including phenoxy) is 1. The van der Waals surface area contributed by atoms with Crippen LogP contribution >= 0.6 is 11.6 Å². The summed E-state index contributed by atoms with van der Waals surface area (Å²) in [7, 11) is 1.66. The van der Waals surface area contributed by atoms with Gasteiger partial charge in [-0.1, -0.05) is 41.9 Å². The van der Waals surface area contributed by atoms with Gasteiger partial charge in [-0.3, -0.25) is 14.2 Å². The summed E-state index contributed by atoms with van der Waals surface area (Å²) in [6, 6.07) is 16.7. The highest BCUT2D eigenvalue weighted by Gasteiger charge is 2.17. The number of hydrogen-bond donors (Lipinski definition) is 0. The molecule has 8 heteroatoms. The van der Waals surface area contributed by atoms with Gasteiger partial charge in [-0.15, -0.1) is 0 Å². The number of para-hydroxylation sites is 2. The number of halogens is 1. The van der Waals surface area contributed by atoms with Gasteiger partial charge in [0.25, 0.3) is 5.56 Å². The van der Waals surface area contributed by atoms with Gasteiger partial charge in [0, 0.05) is 19.0 Å². The number of hydrogen-bond acceptors (Lipinski definition) is 5. The molecule has 2 aromatic heterocycles. The molecule has 0 amide bonds. The number of carbonyl (C=O) groups excluding carboxylic acids is 1. The lowest BCUT2D eigenvalue weighted by atomic mass is 10.2. The molecule has 2 aromatic carbocycles. The van der Waals surface area contributed by atoms with E-state index in [1.54, 1.807) is 29.9 Å². The molecular weight excluding hydrogens is 416 g/mol. The Morgan fingerprint density at radius 1 is 1.10 bits per heavy atom. The zero-order chi connectivity index (χ0) is 22.0. The summed E-state index contributed by atoms with van der Waals surface area (Å²) in [5.41, 5.74) is 2.67. The molecule has 31 heavy (non-hydrogen) atoms. The van der Waals surface area contributed by atoms with Crippen molar-refractivity contribution in [2.24, 2.45) is 7.05 Å². The highest BCUT2D eigenvalue weighted by atomic mass is 35.5. The number of esters is 1. The summed E-state index contributed by atoms with van der Waals surface area (Å²) in [6.07, 6.45) is 0.396. The summed E-state index contributed by atoms with van der Waals surface area (Å²) in [4.78, 5) is 29.3. The minimum Gasteiger partial charge on any atom is -0.461 e. The average molecular weight is 437 g/mol. The Morgan fingerprint density at radius 2 is 1.81 bits per heavy atom. The molecule has 0 unspecified atom stereocenters. The summed E-state index contributed by atoms with van der Waals surface area (Å²) >= 11 is 6.48. The lowest BCUT2D eigenvalue weighted by Crippen LogP contribution is -2.23. The fourth-order valence-electron chi connectivity index (χ4n) is 3.36. The maximum atomic E-state index is 12.5. The van der Waals surface area contributed by atoms with Crippen LogP contribution < -0.4 is 5.56 Å². The second-order valence-corrected chi connectivity index (χ2v) is 7.53. The monoisotopic (exact) mass is 436 g/mol. The molecule has 2 heterocycles. The van der Waals surface area contributed by atoms with Crippen LogP contribution in [0.5, 0.6) is 0 Å². The molecular formula is C23H21ClN4O3. The number of nitrogens with zero attached hydrogens (tertiary/aromatic N) is 4. The molecule has 0 saturated heterocycles. The van der Waals surface area contributed by atoms with Crippen LogP contribution in [-0.4, -0.2) is 25.3 Å². The molecule has 0 aliphatic rings. The highest BCUT2D eigenvalue weighted by molar-refractivity contribution is 6.30. The van der Waals surface area contributed by atoms with E-state index in [0.29, 0.717) is 39.6 Å². The molecule has 0 aliphatic carbocycles. The van der Waals surface area contributed by atoms with Crippen molar-refractivity contribution in [3.05, 3.63) is 87.2 Å². The van der Waals surface area contributed by atoms with Crippen molar-refractivity contribution in [3.8, 4) is 5.69 Å². The van der Waals surface area contributed by atoms with Crippen LogP contribution in [0.4, 0.5) is 0 Å². The predicted octanol–water partition coefficient (Wildman–Crippen LogP) is 3.76. The Kier molecular flexibility index (Phi) is 5.86. The van der Waals surface area contributed by atoms with Gasteiger partial charge in [0.2, 0.25) is 0 Å². The molecule has 0 atom stereocenters. The molecule has 4 rings (SSSR count). The third kappa shape index (κ3) is 4.22. The largest absolute Gasteiger partial charge is 0.461 e. The average Bonchev–Trinajstić information content (AvgIpc) is 3.07. The standard InChI is InChI=1S/C23H21ClN4O3/c1-15-18(22(24)28(26-15)16-8-4-3-5-9-16)14-31-21(29)13-12-20-25-19-11-7-6-10-17(19)23(30)27(20)2/h3-11H,12-14H2,1-2H3. The van der Waals surface area contributed by atoms with Gasteiger partial charge in [0.15, 0.2) is 0 Å². The van der Waals surface area contributed by atoms with Crippen molar-refractivity contribution in [2.75, 3.05) is 0 Å². The number of aryl methyl sites for hydroxylation is 2. The Hall–Kier alpha value is -3.45. The lowest BCUT2D eigenvalue weighted by Gasteiger charge is -2.09. The zero-order valence-corrected chi connectivity index (χ0v) is 18.0. The van der Waals surface area contributed by atoms with Gasteiger partial charge < -0.3 is 4.74 Å². The van der Waals surface area contributed by atoms with Gasteiger partial charge >= 0.3 is 5.97 Å². The summed E-state index contributed by atoms with van der Waals surface area (Å²) < 4.78 is 8.52. The predicted molar refractivity (Wildman–Crippen MR) is 118 cm³/mol. The molecule has 4 aromatic rings. The van der Waals surface area contributed by atoms with Crippen LogP contribution in [0.2, 0.25) is 5.15 Å². The van der Waals surface area contributed by atoms with Gasteiger partial charge in [0.1, 0.15) is 17.6 Å². The number of carbonyl (C=O) groups is 1. The first-order valence-electron chi connectivity index (χ1n) is 9.85. The molecule has 0 fully saturated rings. The van der Waals surface area contributed by atoms with Crippen LogP contribution in [0.25, 0.3) is 16.6 Å². The normalized spacial score (nSPS) is 11.1. The zero-order valence-electron chi connectivity index (χ0n) is 17.2. The Labute approximate surface area is 183 Å². The van der Waals surface area contributed by atoms with Crippen LogP contribution in [-0.2, 0) is 29.6 Å². The van der Waals surface area contributed by atoms with Crippen molar-refractivity contribution >= 4 is 28.5 Å². The van der Waals surface area contributed by atoms with E-state index in [4.69, 9.17) is 16.3 Å². The molecule has 158 valence electrons. The second-order valence-electron chi connectivity index (χ2n) is 7.17. The van der Waals surface area contributed by atoms with E-state index in [0.717, 1.165) is 5.69 Å². The van der Waals surface area contributed by atoms with Crippen molar-refractivity contribution in [3.63, 3.8) is 0 Å². The molecule has 0 spiro atoms. The number of fused-ring (bicyclic) bond motifs is 1. The molecule has 0 aliphatic heterocycles. The van der Waals surface area contributed by atoms with Crippen LogP contribution in [0.1, 0.15) is 23.5 Å². The quantitative estimate of drug-likeness (QED) is 0.430. The Balaban J connectivity index is 1.43. The van der Waals surface area contributed by atoms with Gasteiger partial charge in [-0.05, 0) is 31.2 Å². The van der Waals surface area contributed by atoms with Gasteiger partial charge in [-0.2, -0.15) is 5.10 Å². The van der Waals surface area contributed by atoms with Crippen molar-refractivity contribution in [2.45, 2.75) is 26.4 Å². The van der Waals surface area contributed by atoms with E-state index >= 15 is 0 Å². The van der Waals surface area contributed by atoms with Gasteiger partial charge in [0.05, 0.1) is 28.7 Å². The van der Waals surface area contributed by atoms with Crippen molar-refractivity contribution in [1.29, 1.82) is 0 Å². The number of aromatic nitrogens is 4. The molecule has 0 saturated carbocycles. The van der Waals surface area contributed by atoms with E-state index in [9.17, 15) is 9.59 Å². The van der Waals surface area contributed by atoms with E-state index in [1.165, 1.54) is 4.57 Å². The van der Waals surface area contributed by atoms with Crippen LogP contribution in [0.3, 0.4) is 0 Å². The Morgan fingerprint density at radius 3 is 2.58 bits per heavy atom. The highest BCUT2D eigenvalue weighted by Crippen LogP contribution is 2.24. The van der Waals surface area contributed by atoms with E-state index in [-0.39, 0.29) is 18.6 Å². The summed E-state index contributed by atoms with van der Waals surface area (Å²) in [5, 5.41) is 5.41. The van der Waals surface area contributed by atoms with Crippen LogP contribution in [0, 0.1) is 6.92 Å². The second kappa shape index (κ2) is 8.73. The van der Waals surface area contributed by atoms with E-state index in [1.807, 2.05) is 43.3 Å². The van der Waals surface area contributed by atoms with Crippen LogP contribution in [0.15, 0.2) is 59.4 Å². The number of rotatable bonds is 6. The maximum Gasteiger partial charge on any atom is 0.306 e. The first-order chi connectivity index (χ1) is 15.0. The molecule has 0 bridgehead atoms. The fraction of sp³-hybridized carbons (Fsp3) is 0.217. The maximum absolute atomic E-state index is 12.5. The Bertz CT molecular complexity index is 1310. The van der Waals surface area contributed by atoms with Gasteiger partial charge in [-0.25, -0.2) is 9.67 Å². The minimum atomic E-state index is -0.398. The van der Waals surface area contributed by atoms with Crippen molar-refractivity contribution < 1.29 is 9.53 Å². The SMILES string of the molecule is Cc1nn(-c2ccccc2)c(Cl)c1COC(=O)CCc1nc2ccccc2c(=O)n1C. The third-order valence-corrected chi connectivity index (χ3v) is 5.52. The summed E-state index contributed by atoms with van der Waals surface area (Å²) in [5.74, 6) is 0.136. The van der Waals surface area contributed by atoms with Crippen molar-refractivity contribution in [1.82, 2.24) is 19.3 Å². The first-order valence-corrected chi connectivity index (χ1v) is 10.2. The van der Waals surface area contributed by atoms with E-state index < -0.39 is 5.97 Å².